The van der Waals surface area contributed by atoms with Crippen molar-refractivity contribution < 1.29 is 14.3 Å². The molecule has 0 aromatic carbocycles. The number of hydrogen-bond donors (Lipinski definition) is 2. The lowest BCUT2D eigenvalue weighted by Gasteiger charge is -2.11. The number of H-pyrrole nitrogens is 1. The fraction of sp³-hybridized carbons (Fsp3) is 0.500. The molecule has 2 N–H and O–H groups in total. The third kappa shape index (κ3) is 3.60. The molecule has 0 bridgehead atoms. The molecule has 5 nitrogen and oxygen atoms in total. The number of ether oxygens (including phenoxy) is 1. The lowest BCUT2D eigenvalue weighted by Crippen LogP contribution is -2.35. The van der Waals surface area contributed by atoms with Gasteiger partial charge in [-0.2, -0.15) is 0 Å². The van der Waals surface area contributed by atoms with Gasteiger partial charge in [-0.1, -0.05) is 12.8 Å². The fourth-order valence-electron chi connectivity index (χ4n) is 2.03. The van der Waals surface area contributed by atoms with Gasteiger partial charge in [0.25, 0.3) is 5.91 Å². The zero-order valence-electron chi connectivity index (χ0n) is 9.87. The number of esters is 1. The predicted octanol–water partition coefficient (Wildman–Crippen LogP) is 1.99. The zero-order chi connectivity index (χ0) is 13.0. The van der Waals surface area contributed by atoms with Crippen LogP contribution < -0.4 is 5.32 Å². The van der Waals surface area contributed by atoms with Crippen LogP contribution in [0, 0.1) is 0 Å². The summed E-state index contributed by atoms with van der Waals surface area (Å²) in [7, 11) is 0. The van der Waals surface area contributed by atoms with E-state index in [-0.39, 0.29) is 18.6 Å². The molecular weight excluding hydrogens is 300 g/mol. The minimum Gasteiger partial charge on any atom is -0.451 e. The first-order valence-electron chi connectivity index (χ1n) is 5.95. The summed E-state index contributed by atoms with van der Waals surface area (Å²) in [5, 5.41) is 2.86. The van der Waals surface area contributed by atoms with E-state index in [1.165, 1.54) is 0 Å². The van der Waals surface area contributed by atoms with Crippen molar-refractivity contribution in [3.8, 4) is 0 Å². The maximum atomic E-state index is 11.5. The normalized spacial score (nSPS) is 15.6. The zero-order valence-corrected chi connectivity index (χ0v) is 11.5. The van der Waals surface area contributed by atoms with Gasteiger partial charge < -0.3 is 15.0 Å². The van der Waals surface area contributed by atoms with Crippen molar-refractivity contribution in [2.75, 3.05) is 6.61 Å². The number of aromatic nitrogens is 1. The molecule has 18 heavy (non-hydrogen) atoms. The Balaban J connectivity index is 1.73. The van der Waals surface area contributed by atoms with Gasteiger partial charge in [-0.05, 0) is 34.8 Å². The first-order chi connectivity index (χ1) is 8.65. The highest BCUT2D eigenvalue weighted by atomic mass is 79.9. The topological polar surface area (TPSA) is 71.2 Å². The van der Waals surface area contributed by atoms with E-state index in [0.717, 1.165) is 30.2 Å². The number of rotatable bonds is 4. The van der Waals surface area contributed by atoms with E-state index >= 15 is 0 Å². The van der Waals surface area contributed by atoms with Crippen molar-refractivity contribution in [2.45, 2.75) is 31.7 Å². The molecule has 2 rings (SSSR count). The van der Waals surface area contributed by atoms with E-state index in [1.54, 1.807) is 12.3 Å². The average molecular weight is 315 g/mol. The monoisotopic (exact) mass is 314 g/mol. The quantitative estimate of drug-likeness (QED) is 0.835. The summed E-state index contributed by atoms with van der Waals surface area (Å²) in [4.78, 5) is 25.8. The minimum atomic E-state index is -0.526. The van der Waals surface area contributed by atoms with Gasteiger partial charge in [-0.3, -0.25) is 4.79 Å². The molecule has 6 heteroatoms. The fourth-order valence-corrected chi connectivity index (χ4v) is 2.38. The molecule has 1 aliphatic rings. The molecule has 0 aliphatic heterocycles. The Labute approximate surface area is 113 Å². The third-order valence-electron chi connectivity index (χ3n) is 2.92. The van der Waals surface area contributed by atoms with E-state index in [0.29, 0.717) is 5.69 Å². The number of aromatic amines is 1. The molecule has 1 heterocycles. The molecule has 1 aliphatic carbocycles. The van der Waals surface area contributed by atoms with Crippen molar-refractivity contribution >= 4 is 27.8 Å². The second-order valence-corrected chi connectivity index (χ2v) is 5.27. The van der Waals surface area contributed by atoms with Crippen LogP contribution in [0.2, 0.25) is 0 Å². The van der Waals surface area contributed by atoms with Crippen molar-refractivity contribution in [1.29, 1.82) is 0 Å². The van der Waals surface area contributed by atoms with Crippen LogP contribution in [0.15, 0.2) is 16.7 Å². The Morgan fingerprint density at radius 2 is 2.17 bits per heavy atom. The Bertz CT molecular complexity index is 438. The van der Waals surface area contributed by atoms with Crippen LogP contribution in [0.1, 0.15) is 36.2 Å². The summed E-state index contributed by atoms with van der Waals surface area (Å²) in [5.74, 6) is -0.761. The standard InChI is InChI=1S/C12H15BrN2O3/c13-8-5-10(14-6-8)12(17)18-7-11(16)15-9-3-1-2-4-9/h5-6,9,14H,1-4,7H2,(H,15,16). The van der Waals surface area contributed by atoms with Gasteiger partial charge in [0.2, 0.25) is 0 Å². The van der Waals surface area contributed by atoms with Crippen LogP contribution in [0.4, 0.5) is 0 Å². The molecule has 1 aromatic rings. The van der Waals surface area contributed by atoms with Gasteiger partial charge in [0.15, 0.2) is 6.61 Å². The Morgan fingerprint density at radius 3 is 2.78 bits per heavy atom. The van der Waals surface area contributed by atoms with Crippen LogP contribution in [0.3, 0.4) is 0 Å². The van der Waals surface area contributed by atoms with E-state index < -0.39 is 5.97 Å². The molecule has 0 saturated heterocycles. The van der Waals surface area contributed by atoms with Crippen molar-refractivity contribution in [3.63, 3.8) is 0 Å². The number of amides is 1. The molecule has 0 atom stereocenters. The molecule has 98 valence electrons. The minimum absolute atomic E-state index is 0.230. The smallest absolute Gasteiger partial charge is 0.355 e. The van der Waals surface area contributed by atoms with Gasteiger partial charge in [0.1, 0.15) is 5.69 Å². The number of nitrogens with one attached hydrogen (secondary N) is 2. The van der Waals surface area contributed by atoms with Gasteiger partial charge in [-0.25, -0.2) is 4.79 Å². The second-order valence-electron chi connectivity index (χ2n) is 4.36. The van der Waals surface area contributed by atoms with E-state index in [2.05, 4.69) is 26.2 Å². The van der Waals surface area contributed by atoms with Crippen LogP contribution in [-0.2, 0) is 9.53 Å². The molecule has 1 aromatic heterocycles. The summed E-state index contributed by atoms with van der Waals surface area (Å²) < 4.78 is 5.68. The van der Waals surface area contributed by atoms with Gasteiger partial charge in [0.05, 0.1) is 0 Å². The molecule has 0 radical (unpaired) electrons. The Morgan fingerprint density at radius 1 is 1.44 bits per heavy atom. The molecule has 0 unspecified atom stereocenters. The molecule has 1 fully saturated rings. The number of hydrogen-bond acceptors (Lipinski definition) is 3. The van der Waals surface area contributed by atoms with Crippen molar-refractivity contribution in [2.24, 2.45) is 0 Å². The van der Waals surface area contributed by atoms with Gasteiger partial charge >= 0.3 is 5.97 Å². The number of carbonyl (C=O) groups excluding carboxylic acids is 2. The SMILES string of the molecule is O=C(COC(=O)c1cc(Br)c[nH]1)NC1CCCC1. The van der Waals surface area contributed by atoms with Crippen molar-refractivity contribution in [3.05, 3.63) is 22.4 Å². The van der Waals surface area contributed by atoms with Crippen LogP contribution >= 0.6 is 15.9 Å². The van der Waals surface area contributed by atoms with E-state index in [1.807, 2.05) is 0 Å². The lowest BCUT2D eigenvalue weighted by atomic mass is 10.2. The lowest BCUT2D eigenvalue weighted by molar-refractivity contribution is -0.124. The third-order valence-corrected chi connectivity index (χ3v) is 3.38. The van der Waals surface area contributed by atoms with E-state index in [4.69, 9.17) is 4.74 Å². The number of halogens is 1. The maximum absolute atomic E-state index is 11.5. The first kappa shape index (κ1) is 13.1. The Kier molecular flexibility index (Phi) is 4.41. The van der Waals surface area contributed by atoms with Crippen LogP contribution in [-0.4, -0.2) is 29.5 Å². The number of carbonyl (C=O) groups is 2. The summed E-state index contributed by atoms with van der Waals surface area (Å²) in [6, 6.07) is 1.85. The second kappa shape index (κ2) is 6.04. The maximum Gasteiger partial charge on any atom is 0.355 e. The summed E-state index contributed by atoms with van der Waals surface area (Å²) >= 11 is 3.22. The van der Waals surface area contributed by atoms with E-state index in [9.17, 15) is 9.59 Å². The summed E-state index contributed by atoms with van der Waals surface area (Å²) in [5.41, 5.74) is 0.329. The average Bonchev–Trinajstić information content (AvgIpc) is 2.97. The molecule has 1 saturated carbocycles. The molecular formula is C12H15BrN2O3. The largest absolute Gasteiger partial charge is 0.451 e. The Hall–Kier alpha value is -1.30. The molecule has 0 spiro atoms. The van der Waals surface area contributed by atoms with Gasteiger partial charge in [-0.15, -0.1) is 0 Å². The predicted molar refractivity (Wildman–Crippen MR) is 69.2 cm³/mol. The highest BCUT2D eigenvalue weighted by Crippen LogP contribution is 2.17. The molecule has 1 amide bonds. The highest BCUT2D eigenvalue weighted by molar-refractivity contribution is 9.10. The van der Waals surface area contributed by atoms with Crippen LogP contribution in [0.25, 0.3) is 0 Å². The highest BCUT2D eigenvalue weighted by Gasteiger charge is 2.18. The summed E-state index contributed by atoms with van der Waals surface area (Å²) in [6.07, 6.45) is 5.98. The van der Waals surface area contributed by atoms with Crippen LogP contribution in [0.5, 0.6) is 0 Å². The van der Waals surface area contributed by atoms with Crippen molar-refractivity contribution in [1.82, 2.24) is 10.3 Å². The van der Waals surface area contributed by atoms with Gasteiger partial charge in [0, 0.05) is 16.7 Å². The first-order valence-corrected chi connectivity index (χ1v) is 6.75. The summed E-state index contributed by atoms with van der Waals surface area (Å²) in [6.45, 7) is -0.230.